The van der Waals surface area contributed by atoms with Crippen molar-refractivity contribution >= 4 is 5.69 Å². The molecule has 5 heteroatoms. The van der Waals surface area contributed by atoms with E-state index in [0.717, 1.165) is 11.3 Å². The summed E-state index contributed by atoms with van der Waals surface area (Å²) < 4.78 is 11.3. The predicted molar refractivity (Wildman–Crippen MR) is 84.4 cm³/mol. The van der Waals surface area contributed by atoms with Crippen LogP contribution in [0.15, 0.2) is 46.9 Å². The van der Waals surface area contributed by atoms with Gasteiger partial charge in [0.1, 0.15) is 5.75 Å². The quantitative estimate of drug-likeness (QED) is 0.745. The number of hydrogen-bond acceptors (Lipinski definition) is 5. The highest BCUT2D eigenvalue weighted by atomic mass is 16.5. The zero-order valence-electron chi connectivity index (χ0n) is 12.5. The molecular formula is C17H17N3O2. The van der Waals surface area contributed by atoms with Crippen LogP contribution in [0.2, 0.25) is 0 Å². The highest BCUT2D eigenvalue weighted by molar-refractivity contribution is 5.56. The first kappa shape index (κ1) is 14.1. The minimum atomic E-state index is 0.241. The molecule has 0 spiro atoms. The smallest absolute Gasteiger partial charge is 0.254 e. The lowest BCUT2D eigenvalue weighted by molar-refractivity contribution is 0.264. The second-order valence-corrected chi connectivity index (χ2v) is 5.16. The lowest BCUT2D eigenvalue weighted by atomic mass is 10.1. The van der Waals surface area contributed by atoms with E-state index in [1.807, 2.05) is 37.3 Å². The van der Waals surface area contributed by atoms with Gasteiger partial charge in [-0.1, -0.05) is 6.07 Å². The Balaban J connectivity index is 1.69. The van der Waals surface area contributed by atoms with E-state index in [-0.39, 0.29) is 6.61 Å². The molecule has 0 aliphatic carbocycles. The molecule has 3 rings (SSSR count). The predicted octanol–water partition coefficient (Wildman–Crippen LogP) is 3.51. The van der Waals surface area contributed by atoms with Gasteiger partial charge in [0.15, 0.2) is 6.61 Å². The van der Waals surface area contributed by atoms with Gasteiger partial charge in [-0.25, -0.2) is 0 Å². The minimum absolute atomic E-state index is 0.241. The number of benzene rings is 2. The van der Waals surface area contributed by atoms with Crippen LogP contribution in [-0.2, 0) is 6.61 Å². The van der Waals surface area contributed by atoms with Crippen LogP contribution >= 0.6 is 0 Å². The van der Waals surface area contributed by atoms with Crippen molar-refractivity contribution in [2.24, 2.45) is 0 Å². The van der Waals surface area contributed by atoms with Crippen LogP contribution in [0.5, 0.6) is 5.75 Å². The molecular weight excluding hydrogens is 278 g/mol. The van der Waals surface area contributed by atoms with E-state index < -0.39 is 0 Å². The largest absolute Gasteiger partial charge is 0.484 e. The van der Waals surface area contributed by atoms with Crippen molar-refractivity contribution in [3.8, 4) is 17.2 Å². The summed E-state index contributed by atoms with van der Waals surface area (Å²) in [4.78, 5) is 0. The van der Waals surface area contributed by atoms with Crippen LogP contribution in [0.1, 0.15) is 17.0 Å². The van der Waals surface area contributed by atoms with Crippen LogP contribution in [0.25, 0.3) is 11.5 Å². The fourth-order valence-corrected chi connectivity index (χ4v) is 2.00. The van der Waals surface area contributed by atoms with E-state index >= 15 is 0 Å². The highest BCUT2D eigenvalue weighted by Gasteiger charge is 2.09. The molecule has 2 N–H and O–H groups in total. The van der Waals surface area contributed by atoms with Crippen LogP contribution in [0, 0.1) is 13.8 Å². The number of nitrogen functional groups attached to an aromatic ring is 1. The maximum absolute atomic E-state index is 5.68. The summed E-state index contributed by atoms with van der Waals surface area (Å²) in [6, 6.07) is 13.2. The number of rotatable bonds is 4. The van der Waals surface area contributed by atoms with Gasteiger partial charge in [-0.3, -0.25) is 0 Å². The molecule has 0 unspecified atom stereocenters. The zero-order chi connectivity index (χ0) is 15.5. The molecule has 3 aromatic rings. The first-order valence-corrected chi connectivity index (χ1v) is 7.00. The maximum atomic E-state index is 5.68. The molecule has 1 heterocycles. The van der Waals surface area contributed by atoms with E-state index in [0.29, 0.717) is 17.5 Å². The molecule has 2 aromatic carbocycles. The van der Waals surface area contributed by atoms with E-state index in [1.165, 1.54) is 11.1 Å². The van der Waals surface area contributed by atoms with Crippen molar-refractivity contribution in [3.05, 3.63) is 59.5 Å². The molecule has 0 aliphatic heterocycles. The summed E-state index contributed by atoms with van der Waals surface area (Å²) in [5.74, 6) is 1.68. The lowest BCUT2D eigenvalue weighted by Crippen LogP contribution is -1.96. The van der Waals surface area contributed by atoms with Crippen LogP contribution < -0.4 is 10.5 Å². The molecule has 112 valence electrons. The molecule has 22 heavy (non-hydrogen) atoms. The lowest BCUT2D eigenvalue weighted by Gasteiger charge is -2.05. The molecule has 0 fully saturated rings. The summed E-state index contributed by atoms with van der Waals surface area (Å²) >= 11 is 0. The van der Waals surface area contributed by atoms with Gasteiger partial charge in [0.25, 0.3) is 5.89 Å². The van der Waals surface area contributed by atoms with Gasteiger partial charge in [0, 0.05) is 11.3 Å². The number of aryl methyl sites for hydroxylation is 2. The normalized spacial score (nSPS) is 10.6. The minimum Gasteiger partial charge on any atom is -0.484 e. The molecule has 1 aromatic heterocycles. The molecule has 0 bridgehead atoms. The van der Waals surface area contributed by atoms with Gasteiger partial charge < -0.3 is 14.9 Å². The SMILES string of the molecule is Cc1ccc(OCc2nnc(-c3ccc(N)cc3)o2)cc1C. The van der Waals surface area contributed by atoms with E-state index in [9.17, 15) is 0 Å². The topological polar surface area (TPSA) is 74.2 Å². The van der Waals surface area contributed by atoms with Gasteiger partial charge in [-0.05, 0) is 61.4 Å². The van der Waals surface area contributed by atoms with Crippen LogP contribution in [0.4, 0.5) is 5.69 Å². The van der Waals surface area contributed by atoms with Crippen molar-refractivity contribution in [2.75, 3.05) is 5.73 Å². The summed E-state index contributed by atoms with van der Waals surface area (Å²) in [6.07, 6.45) is 0. The third kappa shape index (κ3) is 3.09. The molecule has 0 aliphatic rings. The molecule has 5 nitrogen and oxygen atoms in total. The Morgan fingerprint density at radius 2 is 1.77 bits per heavy atom. The summed E-state index contributed by atoms with van der Waals surface area (Å²) in [7, 11) is 0. The molecule has 0 atom stereocenters. The Kier molecular flexibility index (Phi) is 3.78. The van der Waals surface area contributed by atoms with Crippen LogP contribution in [0.3, 0.4) is 0 Å². The first-order chi connectivity index (χ1) is 10.6. The van der Waals surface area contributed by atoms with Gasteiger partial charge >= 0.3 is 0 Å². The van der Waals surface area contributed by atoms with E-state index in [2.05, 4.69) is 17.1 Å². The Labute approximate surface area is 128 Å². The summed E-state index contributed by atoms with van der Waals surface area (Å²) in [5.41, 5.74) is 9.60. The number of anilines is 1. The molecule has 0 radical (unpaired) electrons. The van der Waals surface area contributed by atoms with Crippen molar-refractivity contribution in [1.29, 1.82) is 0 Å². The average Bonchev–Trinajstić information content (AvgIpc) is 2.98. The number of nitrogens with two attached hydrogens (primary N) is 1. The average molecular weight is 295 g/mol. The number of ether oxygens (including phenoxy) is 1. The Bertz CT molecular complexity index is 779. The Morgan fingerprint density at radius 3 is 2.50 bits per heavy atom. The zero-order valence-corrected chi connectivity index (χ0v) is 12.5. The van der Waals surface area contributed by atoms with Crippen molar-refractivity contribution < 1.29 is 9.15 Å². The molecule has 0 amide bonds. The fraction of sp³-hybridized carbons (Fsp3) is 0.176. The van der Waals surface area contributed by atoms with Gasteiger partial charge in [-0.2, -0.15) is 0 Å². The van der Waals surface area contributed by atoms with Crippen molar-refractivity contribution in [1.82, 2.24) is 10.2 Å². The van der Waals surface area contributed by atoms with Gasteiger partial charge in [0.05, 0.1) is 0 Å². The van der Waals surface area contributed by atoms with Gasteiger partial charge in [-0.15, -0.1) is 10.2 Å². The fourth-order valence-electron chi connectivity index (χ4n) is 2.00. The van der Waals surface area contributed by atoms with Crippen molar-refractivity contribution in [3.63, 3.8) is 0 Å². The highest BCUT2D eigenvalue weighted by Crippen LogP contribution is 2.21. The monoisotopic (exact) mass is 295 g/mol. The third-order valence-corrected chi connectivity index (χ3v) is 3.47. The van der Waals surface area contributed by atoms with Crippen LogP contribution in [-0.4, -0.2) is 10.2 Å². The Hall–Kier alpha value is -2.82. The van der Waals surface area contributed by atoms with Gasteiger partial charge in [0.2, 0.25) is 5.89 Å². The maximum Gasteiger partial charge on any atom is 0.254 e. The van der Waals surface area contributed by atoms with E-state index in [1.54, 1.807) is 12.1 Å². The third-order valence-electron chi connectivity index (χ3n) is 3.47. The molecule has 0 saturated heterocycles. The summed E-state index contributed by atoms with van der Waals surface area (Å²) in [6.45, 7) is 4.36. The summed E-state index contributed by atoms with van der Waals surface area (Å²) in [5, 5.41) is 8.02. The number of nitrogens with zero attached hydrogens (tertiary/aromatic N) is 2. The second kappa shape index (κ2) is 5.89. The molecule has 0 saturated carbocycles. The van der Waals surface area contributed by atoms with Crippen molar-refractivity contribution in [2.45, 2.75) is 20.5 Å². The first-order valence-electron chi connectivity index (χ1n) is 7.00. The van der Waals surface area contributed by atoms with E-state index in [4.69, 9.17) is 14.9 Å². The Morgan fingerprint density at radius 1 is 1.00 bits per heavy atom. The number of aromatic nitrogens is 2. The standard InChI is InChI=1S/C17H17N3O2/c1-11-3-8-15(9-12(11)2)21-10-16-19-20-17(22-16)13-4-6-14(18)7-5-13/h3-9H,10,18H2,1-2H3. The second-order valence-electron chi connectivity index (χ2n) is 5.16. The number of hydrogen-bond donors (Lipinski definition) is 1.